The maximum atomic E-state index is 12.2. The van der Waals surface area contributed by atoms with Crippen molar-refractivity contribution >= 4 is 26.0 Å². The number of sulfonamides is 1. The quantitative estimate of drug-likeness (QED) is 0.801. The van der Waals surface area contributed by atoms with Crippen LogP contribution in [0, 0.1) is 11.3 Å². The van der Waals surface area contributed by atoms with Gasteiger partial charge in [0, 0.05) is 10.5 Å². The van der Waals surface area contributed by atoms with Gasteiger partial charge in [-0.25, -0.2) is 8.42 Å². The summed E-state index contributed by atoms with van der Waals surface area (Å²) in [6, 6.07) is 8.00. The van der Waals surface area contributed by atoms with Crippen molar-refractivity contribution in [1.29, 1.82) is 5.26 Å². The Balaban J connectivity index is 3.17. The highest BCUT2D eigenvalue weighted by Crippen LogP contribution is 2.20. The van der Waals surface area contributed by atoms with Gasteiger partial charge < -0.3 is 0 Å². The van der Waals surface area contributed by atoms with Gasteiger partial charge in [0.15, 0.2) is 0 Å². The van der Waals surface area contributed by atoms with E-state index in [1.54, 1.807) is 26.0 Å². The van der Waals surface area contributed by atoms with Crippen molar-refractivity contribution in [2.45, 2.75) is 24.8 Å². The van der Waals surface area contributed by atoms with E-state index < -0.39 is 10.0 Å². The molecule has 0 bridgehead atoms. The topological polar surface area (TPSA) is 61.2 Å². The molecule has 0 radical (unpaired) electrons. The van der Waals surface area contributed by atoms with Gasteiger partial charge in [-0.15, -0.1) is 0 Å². The third-order valence-electron chi connectivity index (χ3n) is 2.22. The highest BCUT2D eigenvalue weighted by molar-refractivity contribution is 9.10. The lowest BCUT2D eigenvalue weighted by atomic mass is 10.4. The Hall–Kier alpha value is -0.900. The number of hydrogen-bond acceptors (Lipinski definition) is 3. The molecule has 0 saturated heterocycles. The van der Waals surface area contributed by atoms with Gasteiger partial charge >= 0.3 is 0 Å². The van der Waals surface area contributed by atoms with Crippen LogP contribution in [0.4, 0.5) is 0 Å². The molecule has 0 unspecified atom stereocenters. The molecule has 0 saturated carbocycles. The molecule has 0 aliphatic carbocycles. The van der Waals surface area contributed by atoms with E-state index in [0.29, 0.717) is 0 Å². The summed E-state index contributed by atoms with van der Waals surface area (Å²) in [5, 5.41) is 8.68. The summed E-state index contributed by atoms with van der Waals surface area (Å²) < 4.78 is 26.5. The first-order valence-electron chi connectivity index (χ1n) is 5.04. The van der Waals surface area contributed by atoms with Crippen LogP contribution in [-0.4, -0.2) is 25.3 Å². The molecule has 92 valence electrons. The number of hydrogen-bond donors (Lipinski definition) is 0. The fourth-order valence-electron chi connectivity index (χ4n) is 1.36. The summed E-state index contributed by atoms with van der Waals surface area (Å²) in [5.41, 5.74) is 0. The molecule has 1 rings (SSSR count). The van der Waals surface area contributed by atoms with Gasteiger partial charge in [-0.3, -0.25) is 0 Å². The third kappa shape index (κ3) is 3.28. The summed E-state index contributed by atoms with van der Waals surface area (Å²) in [6.07, 6.45) is 0. The maximum absolute atomic E-state index is 12.2. The molecular weight excluding hydrogens is 304 g/mol. The van der Waals surface area contributed by atoms with Crippen LogP contribution >= 0.6 is 15.9 Å². The Kier molecular flexibility index (Phi) is 4.69. The van der Waals surface area contributed by atoms with Crippen LogP contribution in [0.3, 0.4) is 0 Å². The Labute approximate surface area is 110 Å². The van der Waals surface area contributed by atoms with Gasteiger partial charge in [0.2, 0.25) is 10.0 Å². The minimum Gasteiger partial charge on any atom is -0.207 e. The standard InChI is InChI=1S/C11H13BrN2O2S/c1-9(2)14(8-7-13)17(15,16)11-5-3-10(12)4-6-11/h3-6,9H,8H2,1-2H3. The predicted molar refractivity (Wildman–Crippen MR) is 68.8 cm³/mol. The highest BCUT2D eigenvalue weighted by Gasteiger charge is 2.26. The minimum atomic E-state index is -3.59. The number of benzene rings is 1. The van der Waals surface area contributed by atoms with Gasteiger partial charge in [0.1, 0.15) is 6.54 Å². The maximum Gasteiger partial charge on any atom is 0.244 e. The van der Waals surface area contributed by atoms with E-state index in [1.807, 2.05) is 6.07 Å². The molecule has 0 amide bonds. The molecular formula is C11H13BrN2O2S. The molecule has 0 heterocycles. The molecule has 0 N–H and O–H groups in total. The number of halogens is 1. The van der Waals surface area contributed by atoms with Gasteiger partial charge in [0.05, 0.1) is 11.0 Å². The second-order valence-electron chi connectivity index (χ2n) is 3.76. The average Bonchev–Trinajstić information content (AvgIpc) is 2.25. The fourth-order valence-corrected chi connectivity index (χ4v) is 3.15. The molecule has 0 atom stereocenters. The van der Waals surface area contributed by atoms with Crippen molar-refractivity contribution in [1.82, 2.24) is 4.31 Å². The number of nitrogens with zero attached hydrogens (tertiary/aromatic N) is 2. The molecule has 6 heteroatoms. The third-order valence-corrected chi connectivity index (χ3v) is 4.79. The first-order valence-corrected chi connectivity index (χ1v) is 7.27. The van der Waals surface area contributed by atoms with Crippen LogP contribution in [0.15, 0.2) is 33.6 Å². The smallest absolute Gasteiger partial charge is 0.207 e. The molecule has 0 spiro atoms. The summed E-state index contributed by atoms with van der Waals surface area (Å²) in [5.74, 6) is 0. The molecule has 4 nitrogen and oxygen atoms in total. The Morgan fingerprint density at radius 1 is 1.35 bits per heavy atom. The number of nitriles is 1. The van der Waals surface area contributed by atoms with Crippen LogP contribution in [-0.2, 0) is 10.0 Å². The van der Waals surface area contributed by atoms with Crippen molar-refractivity contribution in [2.24, 2.45) is 0 Å². The molecule has 0 aromatic heterocycles. The van der Waals surface area contributed by atoms with E-state index in [2.05, 4.69) is 15.9 Å². The lowest BCUT2D eigenvalue weighted by molar-refractivity contribution is 0.385. The molecule has 17 heavy (non-hydrogen) atoms. The summed E-state index contributed by atoms with van der Waals surface area (Å²) in [6.45, 7) is 3.34. The highest BCUT2D eigenvalue weighted by atomic mass is 79.9. The van der Waals surface area contributed by atoms with Crippen LogP contribution < -0.4 is 0 Å². The first kappa shape index (κ1) is 14.2. The van der Waals surface area contributed by atoms with Crippen molar-refractivity contribution in [3.8, 4) is 6.07 Å². The van der Waals surface area contributed by atoms with E-state index in [-0.39, 0.29) is 17.5 Å². The van der Waals surface area contributed by atoms with Crippen molar-refractivity contribution in [3.05, 3.63) is 28.7 Å². The Morgan fingerprint density at radius 3 is 2.29 bits per heavy atom. The normalized spacial score (nSPS) is 11.8. The summed E-state index contributed by atoms with van der Waals surface area (Å²) >= 11 is 3.25. The van der Waals surface area contributed by atoms with Crippen molar-refractivity contribution in [3.63, 3.8) is 0 Å². The number of rotatable bonds is 4. The summed E-state index contributed by atoms with van der Waals surface area (Å²) in [4.78, 5) is 0.199. The van der Waals surface area contributed by atoms with Crippen LogP contribution in [0.2, 0.25) is 0 Å². The van der Waals surface area contributed by atoms with Crippen LogP contribution in [0.1, 0.15) is 13.8 Å². The zero-order chi connectivity index (χ0) is 13.1. The van der Waals surface area contributed by atoms with Crippen molar-refractivity contribution < 1.29 is 8.42 Å². The van der Waals surface area contributed by atoms with E-state index in [4.69, 9.17) is 5.26 Å². The lowest BCUT2D eigenvalue weighted by Gasteiger charge is -2.23. The SMILES string of the molecule is CC(C)N(CC#N)S(=O)(=O)c1ccc(Br)cc1. The lowest BCUT2D eigenvalue weighted by Crippen LogP contribution is -2.37. The second-order valence-corrected chi connectivity index (χ2v) is 6.56. The monoisotopic (exact) mass is 316 g/mol. The van der Waals surface area contributed by atoms with Crippen molar-refractivity contribution in [2.75, 3.05) is 6.54 Å². The van der Waals surface area contributed by atoms with Crippen LogP contribution in [0.5, 0.6) is 0 Å². The first-order chi connectivity index (χ1) is 7.89. The molecule has 0 aliphatic rings. The van der Waals surface area contributed by atoms with Gasteiger partial charge in [0.25, 0.3) is 0 Å². The van der Waals surface area contributed by atoms with Gasteiger partial charge in [-0.05, 0) is 38.1 Å². The zero-order valence-corrected chi connectivity index (χ0v) is 12.0. The Bertz CT molecular complexity index is 517. The van der Waals surface area contributed by atoms with Crippen LogP contribution in [0.25, 0.3) is 0 Å². The fraction of sp³-hybridized carbons (Fsp3) is 0.364. The largest absolute Gasteiger partial charge is 0.244 e. The zero-order valence-electron chi connectivity index (χ0n) is 9.59. The van der Waals surface area contributed by atoms with Gasteiger partial charge in [-0.1, -0.05) is 15.9 Å². The molecule has 0 aliphatic heterocycles. The Morgan fingerprint density at radius 2 is 1.88 bits per heavy atom. The second kappa shape index (κ2) is 5.63. The van der Waals surface area contributed by atoms with Gasteiger partial charge in [-0.2, -0.15) is 9.57 Å². The molecule has 0 fully saturated rings. The van der Waals surface area contributed by atoms with E-state index in [9.17, 15) is 8.42 Å². The van der Waals surface area contributed by atoms with E-state index >= 15 is 0 Å². The average molecular weight is 317 g/mol. The predicted octanol–water partition coefficient (Wildman–Crippen LogP) is 2.37. The minimum absolute atomic E-state index is 0.143. The van der Waals surface area contributed by atoms with E-state index in [0.717, 1.165) is 4.47 Å². The molecule has 1 aromatic carbocycles. The summed E-state index contributed by atoms with van der Waals surface area (Å²) in [7, 11) is -3.59. The van der Waals surface area contributed by atoms with E-state index in [1.165, 1.54) is 16.4 Å². The molecule has 1 aromatic rings.